The topological polar surface area (TPSA) is 243 Å². The molecular formula is C32H30ClFN9O7S2+. The predicted octanol–water partition coefficient (Wildman–Crippen LogP) is 2.12. The van der Waals surface area contributed by atoms with E-state index in [1.165, 1.54) is 37.1 Å². The molecule has 0 saturated carbocycles. The van der Waals surface area contributed by atoms with Gasteiger partial charge in [0.15, 0.2) is 29.8 Å². The summed E-state index contributed by atoms with van der Waals surface area (Å²) in [6.07, 6.45) is 5.30. The van der Waals surface area contributed by atoms with Gasteiger partial charge in [-0.1, -0.05) is 16.8 Å². The standard InChI is InChI=1S/C32H29ClFN9O7S2/c1-32(2,30(48)49)50-40-22(20-13-52-31(37)38-20)26(44)39-23-27(45)43-24(29(46)47)16(12-51-28(23)43)10-41-5-4-21-14(9-41)3-6-42(21)11-17-18(33)7-15(25(35)36)8-19(17)34/h3-9,13,23,28H,10-12H2,1-2H3,(H7-,35,36,37,38,39,44,46,47,48,49)/p+1/t23-,28-/m1/s1. The molecule has 16 nitrogen and oxygen atoms in total. The molecule has 20 heteroatoms. The second-order valence-corrected chi connectivity index (χ2v) is 14.7. The van der Waals surface area contributed by atoms with Crippen LogP contribution in [-0.2, 0) is 37.1 Å². The van der Waals surface area contributed by atoms with Gasteiger partial charge in [-0.15, -0.1) is 23.1 Å². The van der Waals surface area contributed by atoms with Crippen molar-refractivity contribution < 1.29 is 43.2 Å². The molecule has 2 aliphatic heterocycles. The lowest BCUT2D eigenvalue weighted by atomic mass is 10.0. The summed E-state index contributed by atoms with van der Waals surface area (Å²) in [5.41, 5.74) is 10.4. The Morgan fingerprint density at radius 1 is 1.29 bits per heavy atom. The lowest BCUT2D eigenvalue weighted by Gasteiger charge is -2.49. The summed E-state index contributed by atoms with van der Waals surface area (Å²) in [6, 6.07) is 5.09. The van der Waals surface area contributed by atoms with Crippen LogP contribution in [0.4, 0.5) is 9.52 Å². The predicted molar refractivity (Wildman–Crippen MR) is 189 cm³/mol. The Kier molecular flexibility index (Phi) is 9.69. The molecule has 6 rings (SSSR count). The molecule has 4 aromatic rings. The number of thiazole rings is 1. The Labute approximate surface area is 307 Å². The van der Waals surface area contributed by atoms with Crippen LogP contribution in [0.1, 0.15) is 30.7 Å². The maximum atomic E-state index is 14.9. The van der Waals surface area contributed by atoms with Crippen molar-refractivity contribution in [1.82, 2.24) is 19.8 Å². The number of hydrogen-bond donors (Lipinski definition) is 6. The van der Waals surface area contributed by atoms with Crippen molar-refractivity contribution >= 4 is 86.0 Å². The first-order chi connectivity index (χ1) is 24.5. The van der Waals surface area contributed by atoms with Crippen LogP contribution < -0.4 is 21.4 Å². The van der Waals surface area contributed by atoms with Crippen LogP contribution in [0.3, 0.4) is 0 Å². The van der Waals surface area contributed by atoms with Crippen molar-refractivity contribution in [3.8, 4) is 0 Å². The van der Waals surface area contributed by atoms with Crippen LogP contribution in [0.25, 0.3) is 10.9 Å². The number of hydrogen-bond acceptors (Lipinski definition) is 11. The van der Waals surface area contributed by atoms with Gasteiger partial charge in [0.1, 0.15) is 34.5 Å². The molecule has 52 heavy (non-hydrogen) atoms. The van der Waals surface area contributed by atoms with E-state index in [1.54, 1.807) is 33.8 Å². The molecule has 1 aromatic carbocycles. The quantitative estimate of drug-likeness (QED) is 0.0401. The van der Waals surface area contributed by atoms with Crippen LogP contribution in [0.15, 0.2) is 64.7 Å². The molecule has 1 saturated heterocycles. The number of aromatic nitrogens is 3. The number of anilines is 1. The van der Waals surface area contributed by atoms with Crippen LogP contribution in [-0.4, -0.2) is 82.7 Å². The number of nitrogen functional groups attached to an aromatic ring is 2. The maximum absolute atomic E-state index is 14.9. The molecule has 2 atom stereocenters. The van der Waals surface area contributed by atoms with Crippen molar-refractivity contribution in [2.24, 2.45) is 10.9 Å². The number of rotatable bonds is 12. The number of carbonyl (C=O) groups excluding carboxylic acids is 2. The van der Waals surface area contributed by atoms with E-state index in [9.17, 15) is 33.8 Å². The van der Waals surface area contributed by atoms with Crippen LogP contribution in [0.2, 0.25) is 5.02 Å². The average molecular weight is 771 g/mol. The summed E-state index contributed by atoms with van der Waals surface area (Å²) >= 11 is 8.59. The minimum atomic E-state index is -1.79. The van der Waals surface area contributed by atoms with Crippen LogP contribution in [0.5, 0.6) is 0 Å². The number of amides is 2. The van der Waals surface area contributed by atoms with Crippen LogP contribution >= 0.6 is 34.7 Å². The first-order valence-corrected chi connectivity index (χ1v) is 17.6. The summed E-state index contributed by atoms with van der Waals surface area (Å²) in [6.45, 7) is 2.71. The molecular weight excluding hydrogens is 741 g/mol. The second-order valence-electron chi connectivity index (χ2n) is 12.3. The molecule has 0 spiro atoms. The lowest BCUT2D eigenvalue weighted by molar-refractivity contribution is -0.687. The van der Waals surface area contributed by atoms with Crippen LogP contribution in [0, 0.1) is 11.2 Å². The summed E-state index contributed by atoms with van der Waals surface area (Å²) in [4.78, 5) is 61.1. The Morgan fingerprint density at radius 3 is 2.67 bits per heavy atom. The first kappa shape index (κ1) is 36.3. The number of oxime groups is 1. The molecule has 0 unspecified atom stereocenters. The van der Waals surface area contributed by atoms with Gasteiger partial charge in [0.2, 0.25) is 5.60 Å². The van der Waals surface area contributed by atoms with Crippen molar-refractivity contribution in [2.75, 3.05) is 11.5 Å². The first-order valence-electron chi connectivity index (χ1n) is 15.3. The number of aliphatic carboxylic acids is 2. The number of nitrogens with one attached hydrogen (secondary N) is 2. The van der Waals surface area contributed by atoms with Gasteiger partial charge in [0.05, 0.1) is 17.4 Å². The van der Waals surface area contributed by atoms with E-state index in [4.69, 9.17) is 33.3 Å². The Morgan fingerprint density at radius 2 is 2.04 bits per heavy atom. The zero-order chi connectivity index (χ0) is 37.6. The molecule has 2 amide bonds. The van der Waals surface area contributed by atoms with E-state index in [2.05, 4.69) is 15.5 Å². The summed E-state index contributed by atoms with van der Waals surface area (Å²) in [5.74, 6) is -4.89. The minimum Gasteiger partial charge on any atom is -0.478 e. The number of nitrogens with two attached hydrogens (primary N) is 2. The van der Waals surface area contributed by atoms with E-state index in [0.717, 1.165) is 33.2 Å². The molecule has 5 heterocycles. The smallest absolute Gasteiger partial charge is 0.352 e. The van der Waals surface area contributed by atoms with Crippen molar-refractivity contribution in [3.63, 3.8) is 0 Å². The highest BCUT2D eigenvalue weighted by atomic mass is 35.5. The maximum Gasteiger partial charge on any atom is 0.352 e. The Balaban J connectivity index is 1.19. The fourth-order valence-electron chi connectivity index (χ4n) is 5.54. The number of fused-ring (bicyclic) bond motifs is 2. The monoisotopic (exact) mass is 770 g/mol. The summed E-state index contributed by atoms with van der Waals surface area (Å²) < 4.78 is 18.4. The Hall–Kier alpha value is -5.53. The Bertz CT molecular complexity index is 2230. The number of halogens is 2. The van der Waals surface area contributed by atoms with Gasteiger partial charge < -0.3 is 36.4 Å². The average Bonchev–Trinajstić information content (AvgIpc) is 3.69. The van der Waals surface area contributed by atoms with Gasteiger partial charge in [-0.05, 0) is 32.0 Å². The highest BCUT2D eigenvalue weighted by Crippen LogP contribution is 2.40. The highest BCUT2D eigenvalue weighted by molar-refractivity contribution is 8.00. The van der Waals surface area contributed by atoms with E-state index >= 15 is 0 Å². The molecule has 1 fully saturated rings. The van der Waals surface area contributed by atoms with E-state index in [0.29, 0.717) is 5.57 Å². The molecule has 0 aliphatic carbocycles. The molecule has 270 valence electrons. The third-order valence-corrected chi connectivity index (χ3v) is 10.7. The van der Waals surface area contributed by atoms with E-state index < -0.39 is 52.3 Å². The largest absolute Gasteiger partial charge is 0.478 e. The molecule has 2 aliphatic rings. The van der Waals surface area contributed by atoms with E-state index in [-0.39, 0.29) is 57.4 Å². The number of carboxylic acids is 2. The number of carboxylic acid groups (broad SMARTS) is 2. The van der Waals surface area contributed by atoms with Gasteiger partial charge in [0.25, 0.3) is 11.8 Å². The van der Waals surface area contributed by atoms with Gasteiger partial charge >= 0.3 is 11.9 Å². The zero-order valence-electron chi connectivity index (χ0n) is 27.3. The SMILES string of the molecule is CC(C)(ON=C(C(=O)N[C@@H]1C(=O)N2C(C(=O)O)=C(C[n+]3ccc4c(ccn4Cc4c(F)cc(C(=N)N)cc4Cl)c3)CS[C@H]12)c1csc(N)n1)C(=O)O. The third kappa shape index (κ3) is 6.89. The fraction of sp³-hybridized carbons (Fsp3) is 0.250. The highest BCUT2D eigenvalue weighted by Gasteiger charge is 2.55. The minimum absolute atomic E-state index is 0.00172. The van der Waals surface area contributed by atoms with Gasteiger partial charge in [0, 0.05) is 45.1 Å². The zero-order valence-corrected chi connectivity index (χ0v) is 29.7. The van der Waals surface area contributed by atoms with Gasteiger partial charge in [-0.2, -0.15) is 0 Å². The third-order valence-electron chi connectivity index (χ3n) is 8.32. The number of nitrogens with zero attached hydrogens (tertiary/aromatic N) is 5. The van der Waals surface area contributed by atoms with Gasteiger partial charge in [-0.3, -0.25) is 19.9 Å². The molecule has 8 N–H and O–H groups in total. The summed E-state index contributed by atoms with van der Waals surface area (Å²) in [5, 5.41) is 35.1. The lowest BCUT2D eigenvalue weighted by Crippen LogP contribution is -2.71. The number of thioether (sulfide) groups is 1. The number of carbonyl (C=O) groups is 4. The summed E-state index contributed by atoms with van der Waals surface area (Å²) in [7, 11) is 0. The number of β-lactam (4-membered cyclic amide) rings is 1. The molecule has 0 bridgehead atoms. The molecule has 0 radical (unpaired) electrons. The second kappa shape index (κ2) is 13.9. The molecule has 3 aromatic heterocycles. The van der Waals surface area contributed by atoms with E-state index in [1.807, 2.05) is 6.07 Å². The fourth-order valence-corrected chi connectivity index (χ4v) is 7.69. The van der Waals surface area contributed by atoms with Crippen molar-refractivity contribution in [1.29, 1.82) is 5.41 Å². The number of pyridine rings is 1. The number of amidine groups is 1. The van der Waals surface area contributed by atoms with Gasteiger partial charge in [-0.25, -0.2) is 23.5 Å². The van der Waals surface area contributed by atoms with Crippen molar-refractivity contribution in [3.05, 3.63) is 87.2 Å². The normalized spacial score (nSPS) is 17.5. The number of benzene rings is 1. The van der Waals surface area contributed by atoms with Crippen molar-refractivity contribution in [2.45, 2.75) is 44.0 Å².